The first-order valence-corrected chi connectivity index (χ1v) is 11.4. The van der Waals surface area contributed by atoms with Crippen molar-refractivity contribution in [2.45, 2.75) is 32.9 Å². The van der Waals surface area contributed by atoms with E-state index in [-0.39, 0.29) is 24.0 Å². The van der Waals surface area contributed by atoms with E-state index in [0.29, 0.717) is 12.5 Å². The van der Waals surface area contributed by atoms with Crippen molar-refractivity contribution < 1.29 is 4.74 Å². The maximum absolute atomic E-state index is 5.97. The molecule has 1 fully saturated rings. The van der Waals surface area contributed by atoms with E-state index in [2.05, 4.69) is 69.2 Å². The first-order valence-electron chi connectivity index (χ1n) is 11.4. The third-order valence-electron chi connectivity index (χ3n) is 5.73. The normalized spacial score (nSPS) is 16.3. The van der Waals surface area contributed by atoms with Crippen molar-refractivity contribution in [3.05, 3.63) is 66.5 Å². The molecule has 172 valence electrons. The van der Waals surface area contributed by atoms with E-state index in [1.54, 1.807) is 0 Å². The van der Waals surface area contributed by atoms with Gasteiger partial charge < -0.3 is 19.5 Å². The van der Waals surface area contributed by atoms with E-state index in [1.165, 1.54) is 11.1 Å². The van der Waals surface area contributed by atoms with Crippen LogP contribution in [0.5, 0.6) is 0 Å². The van der Waals surface area contributed by atoms with E-state index in [4.69, 9.17) is 9.73 Å². The van der Waals surface area contributed by atoms with Gasteiger partial charge in [-0.05, 0) is 37.5 Å². The van der Waals surface area contributed by atoms with Crippen LogP contribution in [0, 0.1) is 5.92 Å². The number of guanidine groups is 1. The molecule has 7 heteroatoms. The summed E-state index contributed by atoms with van der Waals surface area (Å²) >= 11 is 0. The number of rotatable bonds is 9. The summed E-state index contributed by atoms with van der Waals surface area (Å²) in [7, 11) is 0. The first kappa shape index (κ1) is 24.5. The smallest absolute Gasteiger partial charge is 0.193 e. The quantitative estimate of drug-likeness (QED) is 0.185. The van der Waals surface area contributed by atoms with Gasteiger partial charge in [-0.2, -0.15) is 0 Å². The molecule has 1 atom stereocenters. The lowest BCUT2D eigenvalue weighted by atomic mass is 10.1. The van der Waals surface area contributed by atoms with E-state index in [0.717, 1.165) is 63.6 Å². The molecule has 4 rings (SSSR count). The molecule has 0 saturated carbocycles. The zero-order valence-electron chi connectivity index (χ0n) is 18.8. The predicted molar refractivity (Wildman–Crippen MR) is 142 cm³/mol. The van der Waals surface area contributed by atoms with Crippen LogP contribution < -0.4 is 5.32 Å². The zero-order chi connectivity index (χ0) is 21.3. The third-order valence-corrected chi connectivity index (χ3v) is 5.73. The second-order valence-corrected chi connectivity index (χ2v) is 8.12. The molecule has 0 bridgehead atoms. The molecule has 1 saturated heterocycles. The SMILES string of the molecule is CCNC(=NCCCn1cnc2ccccc21)N1CCC(COCc2ccccc2)C1.I. The van der Waals surface area contributed by atoms with Crippen LogP contribution in [0.25, 0.3) is 11.0 Å². The van der Waals surface area contributed by atoms with Gasteiger partial charge in [0.1, 0.15) is 0 Å². The first-order chi connectivity index (χ1) is 15.3. The van der Waals surface area contributed by atoms with Crippen molar-refractivity contribution in [1.29, 1.82) is 0 Å². The highest BCUT2D eigenvalue weighted by Crippen LogP contribution is 2.18. The van der Waals surface area contributed by atoms with Gasteiger partial charge in [-0.1, -0.05) is 42.5 Å². The average molecular weight is 547 g/mol. The number of aryl methyl sites for hydroxylation is 1. The van der Waals surface area contributed by atoms with Gasteiger partial charge in [-0.15, -0.1) is 24.0 Å². The Morgan fingerprint density at radius 3 is 2.81 bits per heavy atom. The molecule has 0 amide bonds. The molecular formula is C25H34IN5O. The monoisotopic (exact) mass is 547 g/mol. The Morgan fingerprint density at radius 2 is 1.97 bits per heavy atom. The molecular weight excluding hydrogens is 513 g/mol. The summed E-state index contributed by atoms with van der Waals surface area (Å²) in [4.78, 5) is 11.7. The Hall–Kier alpha value is -2.13. The second-order valence-electron chi connectivity index (χ2n) is 8.12. The summed E-state index contributed by atoms with van der Waals surface area (Å²) in [5.41, 5.74) is 3.48. The molecule has 1 unspecified atom stereocenters. The number of halogens is 1. The van der Waals surface area contributed by atoms with E-state index < -0.39 is 0 Å². The van der Waals surface area contributed by atoms with Crippen molar-refractivity contribution in [1.82, 2.24) is 19.8 Å². The Balaban J connectivity index is 0.00000289. The highest BCUT2D eigenvalue weighted by atomic mass is 127. The van der Waals surface area contributed by atoms with Crippen LogP contribution in [0.15, 0.2) is 65.9 Å². The number of fused-ring (bicyclic) bond motifs is 1. The number of likely N-dealkylation sites (tertiary alicyclic amines) is 1. The Labute approximate surface area is 208 Å². The van der Waals surface area contributed by atoms with Gasteiger partial charge in [0, 0.05) is 38.6 Å². The lowest BCUT2D eigenvalue weighted by molar-refractivity contribution is 0.0907. The van der Waals surface area contributed by atoms with Crippen LogP contribution in [-0.2, 0) is 17.9 Å². The van der Waals surface area contributed by atoms with Gasteiger partial charge >= 0.3 is 0 Å². The van der Waals surface area contributed by atoms with E-state index in [9.17, 15) is 0 Å². The minimum absolute atomic E-state index is 0. The number of hydrogen-bond acceptors (Lipinski definition) is 3. The number of nitrogens with zero attached hydrogens (tertiary/aromatic N) is 4. The molecule has 2 aromatic carbocycles. The van der Waals surface area contributed by atoms with Crippen LogP contribution in [0.4, 0.5) is 0 Å². The van der Waals surface area contributed by atoms with Gasteiger partial charge in [0.05, 0.1) is 30.6 Å². The van der Waals surface area contributed by atoms with Crippen LogP contribution in [0.3, 0.4) is 0 Å². The Bertz CT molecular complexity index is 975. The van der Waals surface area contributed by atoms with Crippen LogP contribution >= 0.6 is 24.0 Å². The van der Waals surface area contributed by atoms with Gasteiger partial charge in [0.2, 0.25) is 0 Å². The minimum Gasteiger partial charge on any atom is -0.376 e. The molecule has 0 aliphatic carbocycles. The second kappa shape index (κ2) is 12.8. The molecule has 2 heterocycles. The van der Waals surface area contributed by atoms with Gasteiger partial charge in [0.25, 0.3) is 0 Å². The van der Waals surface area contributed by atoms with Crippen molar-refractivity contribution >= 4 is 41.0 Å². The fourth-order valence-electron chi connectivity index (χ4n) is 4.12. The van der Waals surface area contributed by atoms with Gasteiger partial charge in [0.15, 0.2) is 5.96 Å². The van der Waals surface area contributed by atoms with Crippen molar-refractivity contribution in [3.63, 3.8) is 0 Å². The summed E-state index contributed by atoms with van der Waals surface area (Å²) in [5.74, 6) is 1.59. The number of aliphatic imine (C=N–C) groups is 1. The van der Waals surface area contributed by atoms with Crippen LogP contribution in [0.2, 0.25) is 0 Å². The molecule has 32 heavy (non-hydrogen) atoms. The zero-order valence-corrected chi connectivity index (χ0v) is 21.2. The minimum atomic E-state index is 0. The summed E-state index contributed by atoms with van der Waals surface area (Å²) < 4.78 is 8.19. The van der Waals surface area contributed by atoms with Gasteiger partial charge in [-0.3, -0.25) is 4.99 Å². The van der Waals surface area contributed by atoms with Crippen LogP contribution in [-0.4, -0.2) is 53.2 Å². The molecule has 3 aromatic rings. The summed E-state index contributed by atoms with van der Waals surface area (Å²) in [5, 5.41) is 3.47. The lowest BCUT2D eigenvalue weighted by Gasteiger charge is -2.21. The molecule has 6 nitrogen and oxygen atoms in total. The lowest BCUT2D eigenvalue weighted by Crippen LogP contribution is -2.40. The predicted octanol–water partition coefficient (Wildman–Crippen LogP) is 4.55. The number of para-hydroxylation sites is 2. The number of benzene rings is 2. The highest BCUT2D eigenvalue weighted by molar-refractivity contribution is 14.0. The molecule has 0 spiro atoms. The van der Waals surface area contributed by atoms with Crippen molar-refractivity contribution in [2.24, 2.45) is 10.9 Å². The number of nitrogens with one attached hydrogen (secondary N) is 1. The summed E-state index contributed by atoms with van der Waals surface area (Å²) in [6.45, 7) is 8.29. The van der Waals surface area contributed by atoms with Crippen molar-refractivity contribution in [3.8, 4) is 0 Å². The Morgan fingerprint density at radius 1 is 1.16 bits per heavy atom. The third kappa shape index (κ3) is 6.68. The standard InChI is InChI=1S/C25H33N5O.HI/c1-2-26-25(27-14-8-15-30-20-28-23-11-6-7-12-24(23)30)29-16-13-22(17-29)19-31-18-21-9-4-3-5-10-21;/h3-7,9-12,20,22H,2,8,13-19H2,1H3,(H,26,27);1H. The molecule has 1 aromatic heterocycles. The molecule has 0 radical (unpaired) electrons. The number of aromatic nitrogens is 2. The largest absolute Gasteiger partial charge is 0.376 e. The van der Waals surface area contributed by atoms with Gasteiger partial charge in [-0.25, -0.2) is 4.98 Å². The topological polar surface area (TPSA) is 54.7 Å². The number of imidazole rings is 1. The van der Waals surface area contributed by atoms with E-state index in [1.807, 2.05) is 18.5 Å². The van der Waals surface area contributed by atoms with E-state index >= 15 is 0 Å². The van der Waals surface area contributed by atoms with Crippen LogP contribution in [0.1, 0.15) is 25.3 Å². The molecule has 1 aliphatic rings. The molecule has 1 aliphatic heterocycles. The number of ether oxygens (including phenoxy) is 1. The average Bonchev–Trinajstić information content (AvgIpc) is 3.44. The summed E-state index contributed by atoms with van der Waals surface area (Å²) in [6, 6.07) is 18.7. The molecule has 1 N–H and O–H groups in total. The fraction of sp³-hybridized carbons (Fsp3) is 0.440. The summed E-state index contributed by atoms with van der Waals surface area (Å²) in [6.07, 6.45) is 4.08. The Kier molecular flexibility index (Phi) is 9.80. The highest BCUT2D eigenvalue weighted by Gasteiger charge is 2.24. The van der Waals surface area contributed by atoms with Crippen molar-refractivity contribution in [2.75, 3.05) is 32.8 Å². The maximum Gasteiger partial charge on any atom is 0.193 e. The fourth-order valence-corrected chi connectivity index (χ4v) is 4.12. The number of hydrogen-bond donors (Lipinski definition) is 1. The maximum atomic E-state index is 5.97.